The molecule has 2 heterocycles. The molecule has 5 nitrogen and oxygen atoms in total. The van der Waals surface area contributed by atoms with Crippen LogP contribution in [0, 0.1) is 26.7 Å². The average Bonchev–Trinajstić information content (AvgIpc) is 2.58. The molecule has 0 bridgehead atoms. The molecular weight excluding hydrogens is 312 g/mol. The van der Waals surface area contributed by atoms with Crippen molar-refractivity contribution in [3.8, 4) is 0 Å². The summed E-state index contributed by atoms with van der Waals surface area (Å²) < 4.78 is 0. The number of carbonyl (C=O) groups is 1. The molecule has 1 N–H and O–H groups in total. The number of hydrogen-bond acceptors (Lipinski definition) is 4. The van der Waals surface area contributed by atoms with Crippen LogP contribution in [0.15, 0.2) is 24.3 Å². The van der Waals surface area contributed by atoms with Gasteiger partial charge in [0, 0.05) is 24.5 Å². The molecule has 0 spiro atoms. The van der Waals surface area contributed by atoms with Crippen LogP contribution in [0.5, 0.6) is 0 Å². The molecule has 1 aromatic heterocycles. The number of piperidine rings is 1. The summed E-state index contributed by atoms with van der Waals surface area (Å²) in [5.74, 6) is 1.10. The second-order valence-corrected chi connectivity index (χ2v) is 7.09. The fraction of sp³-hybridized carbons (Fsp3) is 0.450. The van der Waals surface area contributed by atoms with Gasteiger partial charge in [-0.05, 0) is 62.8 Å². The number of nitrogens with zero attached hydrogens (tertiary/aromatic N) is 3. The Labute approximate surface area is 149 Å². The van der Waals surface area contributed by atoms with Gasteiger partial charge < -0.3 is 10.2 Å². The molecule has 3 rings (SSSR count). The average molecular weight is 338 g/mol. The first-order valence-corrected chi connectivity index (χ1v) is 8.92. The number of rotatable bonds is 3. The first-order valence-electron chi connectivity index (χ1n) is 8.92. The number of aromatic nitrogens is 2. The van der Waals surface area contributed by atoms with Gasteiger partial charge in [-0.2, -0.15) is 0 Å². The second kappa shape index (κ2) is 7.21. The first kappa shape index (κ1) is 17.4. The summed E-state index contributed by atoms with van der Waals surface area (Å²) in [4.78, 5) is 24.0. The van der Waals surface area contributed by atoms with Gasteiger partial charge in [0.25, 0.3) is 5.91 Å². The smallest absolute Gasteiger partial charge is 0.274 e. The van der Waals surface area contributed by atoms with E-state index in [1.54, 1.807) is 6.07 Å². The number of anilines is 2. The molecule has 0 saturated carbocycles. The third kappa shape index (κ3) is 3.98. The molecule has 0 radical (unpaired) electrons. The maximum Gasteiger partial charge on any atom is 0.274 e. The van der Waals surface area contributed by atoms with Crippen LogP contribution in [0.4, 0.5) is 11.6 Å². The summed E-state index contributed by atoms with van der Waals surface area (Å²) in [7, 11) is 0. The van der Waals surface area contributed by atoms with Gasteiger partial charge in [0.2, 0.25) is 5.95 Å². The highest BCUT2D eigenvalue weighted by Gasteiger charge is 2.20. The molecule has 1 fully saturated rings. The molecule has 0 aliphatic carbocycles. The Morgan fingerprint density at radius 1 is 1.24 bits per heavy atom. The van der Waals surface area contributed by atoms with Gasteiger partial charge in [-0.3, -0.25) is 4.79 Å². The highest BCUT2D eigenvalue weighted by molar-refractivity contribution is 6.03. The third-order valence-electron chi connectivity index (χ3n) is 4.87. The minimum atomic E-state index is -0.189. The van der Waals surface area contributed by atoms with Crippen LogP contribution in [-0.4, -0.2) is 29.0 Å². The van der Waals surface area contributed by atoms with Gasteiger partial charge in [0.05, 0.1) is 0 Å². The van der Waals surface area contributed by atoms with Crippen molar-refractivity contribution < 1.29 is 4.79 Å². The van der Waals surface area contributed by atoms with E-state index in [0.29, 0.717) is 17.6 Å². The fourth-order valence-electron chi connectivity index (χ4n) is 3.25. The Morgan fingerprint density at radius 3 is 2.80 bits per heavy atom. The molecule has 1 aliphatic rings. The van der Waals surface area contributed by atoms with E-state index in [4.69, 9.17) is 0 Å². The van der Waals surface area contributed by atoms with Gasteiger partial charge in [0.1, 0.15) is 5.69 Å². The highest BCUT2D eigenvalue weighted by Crippen LogP contribution is 2.22. The quantitative estimate of drug-likeness (QED) is 0.922. The minimum absolute atomic E-state index is 0.189. The lowest BCUT2D eigenvalue weighted by atomic mass is 10.0. The van der Waals surface area contributed by atoms with Crippen LogP contribution >= 0.6 is 0 Å². The zero-order valence-electron chi connectivity index (χ0n) is 15.5. The van der Waals surface area contributed by atoms with Crippen LogP contribution in [0.2, 0.25) is 0 Å². The number of benzene rings is 1. The van der Waals surface area contributed by atoms with Gasteiger partial charge in [-0.25, -0.2) is 9.97 Å². The van der Waals surface area contributed by atoms with Crippen molar-refractivity contribution in [2.45, 2.75) is 40.5 Å². The van der Waals surface area contributed by atoms with E-state index >= 15 is 0 Å². The van der Waals surface area contributed by atoms with Gasteiger partial charge in [-0.1, -0.05) is 19.1 Å². The summed E-state index contributed by atoms with van der Waals surface area (Å²) in [6.45, 7) is 10.1. The Kier molecular flexibility index (Phi) is 5.02. The van der Waals surface area contributed by atoms with E-state index < -0.39 is 0 Å². The van der Waals surface area contributed by atoms with E-state index in [1.165, 1.54) is 6.42 Å². The molecule has 1 aromatic carbocycles. The van der Waals surface area contributed by atoms with Crippen LogP contribution in [-0.2, 0) is 0 Å². The number of nitrogens with one attached hydrogen (secondary N) is 1. The maximum atomic E-state index is 12.7. The van der Waals surface area contributed by atoms with Crippen molar-refractivity contribution >= 4 is 17.5 Å². The van der Waals surface area contributed by atoms with Crippen molar-refractivity contribution in [1.82, 2.24) is 9.97 Å². The van der Waals surface area contributed by atoms with Crippen LogP contribution < -0.4 is 10.2 Å². The molecule has 1 atom stereocenters. The minimum Gasteiger partial charge on any atom is -0.341 e. The topological polar surface area (TPSA) is 58.1 Å². The summed E-state index contributed by atoms with van der Waals surface area (Å²) in [5.41, 5.74) is 4.29. The summed E-state index contributed by atoms with van der Waals surface area (Å²) >= 11 is 0. The number of aryl methyl sites for hydroxylation is 2. The predicted molar refractivity (Wildman–Crippen MR) is 101 cm³/mol. The molecule has 132 valence electrons. The monoisotopic (exact) mass is 338 g/mol. The Bertz CT molecular complexity index is 787. The zero-order valence-corrected chi connectivity index (χ0v) is 15.5. The van der Waals surface area contributed by atoms with Crippen molar-refractivity contribution in [2.24, 2.45) is 5.92 Å². The van der Waals surface area contributed by atoms with Crippen LogP contribution in [0.1, 0.15) is 47.1 Å². The Balaban J connectivity index is 1.84. The standard InChI is InChI=1S/C20H26N4O/c1-13-7-6-10-24(12-13)20-21-15(3)11-18(23-20)19(25)22-17-9-5-8-14(2)16(17)4/h5,8-9,11,13H,6-7,10,12H2,1-4H3,(H,22,25). The van der Waals surface area contributed by atoms with E-state index in [1.807, 2.05) is 39.0 Å². The number of hydrogen-bond donors (Lipinski definition) is 1. The van der Waals surface area contributed by atoms with E-state index in [9.17, 15) is 4.79 Å². The number of amides is 1. The molecule has 1 amide bonds. The number of carbonyl (C=O) groups excluding carboxylic acids is 1. The van der Waals surface area contributed by atoms with Gasteiger partial charge in [-0.15, -0.1) is 0 Å². The Hall–Kier alpha value is -2.43. The lowest BCUT2D eigenvalue weighted by Gasteiger charge is -2.31. The van der Waals surface area contributed by atoms with Crippen molar-refractivity contribution in [2.75, 3.05) is 23.3 Å². The first-order chi connectivity index (χ1) is 11.9. The Morgan fingerprint density at radius 2 is 2.04 bits per heavy atom. The summed E-state index contributed by atoms with van der Waals surface area (Å²) in [5, 5.41) is 2.99. The summed E-state index contributed by atoms with van der Waals surface area (Å²) in [6.07, 6.45) is 2.38. The van der Waals surface area contributed by atoms with E-state index in [-0.39, 0.29) is 5.91 Å². The van der Waals surface area contributed by atoms with Gasteiger partial charge in [0.15, 0.2) is 0 Å². The molecule has 5 heteroatoms. The summed E-state index contributed by atoms with van der Waals surface area (Å²) in [6, 6.07) is 7.65. The van der Waals surface area contributed by atoms with E-state index in [0.717, 1.165) is 42.0 Å². The fourth-order valence-corrected chi connectivity index (χ4v) is 3.25. The van der Waals surface area contributed by atoms with Gasteiger partial charge >= 0.3 is 0 Å². The van der Waals surface area contributed by atoms with Crippen LogP contribution in [0.3, 0.4) is 0 Å². The van der Waals surface area contributed by atoms with Crippen molar-refractivity contribution in [3.05, 3.63) is 46.8 Å². The lowest BCUT2D eigenvalue weighted by molar-refractivity contribution is 0.102. The molecule has 1 unspecified atom stereocenters. The predicted octanol–water partition coefficient (Wildman–Crippen LogP) is 3.89. The molecular formula is C20H26N4O. The van der Waals surface area contributed by atoms with E-state index in [2.05, 4.69) is 27.1 Å². The van der Waals surface area contributed by atoms with Crippen molar-refractivity contribution in [3.63, 3.8) is 0 Å². The van der Waals surface area contributed by atoms with Crippen molar-refractivity contribution in [1.29, 1.82) is 0 Å². The molecule has 2 aromatic rings. The highest BCUT2D eigenvalue weighted by atomic mass is 16.1. The third-order valence-corrected chi connectivity index (χ3v) is 4.87. The normalized spacial score (nSPS) is 17.4. The molecule has 1 aliphatic heterocycles. The zero-order chi connectivity index (χ0) is 18.0. The SMILES string of the molecule is Cc1cc(C(=O)Nc2cccc(C)c2C)nc(N2CCCC(C)C2)n1. The van der Waals surface area contributed by atoms with Crippen LogP contribution in [0.25, 0.3) is 0 Å². The molecule has 25 heavy (non-hydrogen) atoms. The second-order valence-electron chi connectivity index (χ2n) is 7.09. The largest absolute Gasteiger partial charge is 0.341 e. The molecule has 1 saturated heterocycles. The lowest BCUT2D eigenvalue weighted by Crippen LogP contribution is -2.36. The maximum absolute atomic E-state index is 12.7.